The first-order valence-corrected chi connectivity index (χ1v) is 8.18. The van der Waals surface area contributed by atoms with Gasteiger partial charge in [-0.05, 0) is 43.3 Å². The van der Waals surface area contributed by atoms with Gasteiger partial charge >= 0.3 is 5.97 Å². The topological polar surface area (TPSA) is 117 Å². The third-order valence-corrected chi connectivity index (χ3v) is 3.38. The summed E-state index contributed by atoms with van der Waals surface area (Å²) in [6, 6.07) is 9.94. The van der Waals surface area contributed by atoms with Crippen LogP contribution in [-0.2, 0) is 16.1 Å². The molecule has 3 aromatic rings. The highest BCUT2D eigenvalue weighted by Gasteiger charge is 2.13. The lowest BCUT2D eigenvalue weighted by Crippen LogP contribution is -2.30. The maximum absolute atomic E-state index is 12.0. The van der Waals surface area contributed by atoms with Crippen LogP contribution in [0.4, 0.5) is 0 Å². The van der Waals surface area contributed by atoms with E-state index in [0.717, 1.165) is 0 Å². The molecule has 0 unspecified atom stereocenters. The molecule has 0 bridgehead atoms. The van der Waals surface area contributed by atoms with Gasteiger partial charge in [-0.25, -0.2) is 0 Å². The van der Waals surface area contributed by atoms with E-state index in [9.17, 15) is 9.59 Å². The fourth-order valence-corrected chi connectivity index (χ4v) is 2.13. The second-order valence-corrected chi connectivity index (χ2v) is 5.28. The average Bonchev–Trinajstić information content (AvgIpc) is 3.37. The van der Waals surface area contributed by atoms with Crippen LogP contribution in [0.25, 0.3) is 11.7 Å². The Morgan fingerprint density at radius 2 is 1.96 bits per heavy atom. The molecule has 140 valence electrons. The maximum Gasteiger partial charge on any atom is 0.325 e. The van der Waals surface area contributed by atoms with Crippen molar-refractivity contribution in [3.8, 4) is 17.4 Å². The number of carbonyl (C=O) groups excluding carboxylic acids is 2. The van der Waals surface area contributed by atoms with Gasteiger partial charge in [0, 0.05) is 5.56 Å². The number of amides is 1. The molecule has 1 aromatic carbocycles. The van der Waals surface area contributed by atoms with E-state index in [2.05, 4.69) is 15.5 Å². The summed E-state index contributed by atoms with van der Waals surface area (Å²) in [5, 5.41) is 10.0. The maximum atomic E-state index is 12.0. The Bertz CT molecular complexity index is 886. The first-order chi connectivity index (χ1) is 13.2. The van der Waals surface area contributed by atoms with Gasteiger partial charge in [0.25, 0.3) is 17.7 Å². The van der Waals surface area contributed by atoms with Crippen LogP contribution in [0.3, 0.4) is 0 Å². The summed E-state index contributed by atoms with van der Waals surface area (Å²) in [5.41, 5.74) is 0.409. The van der Waals surface area contributed by atoms with Gasteiger partial charge in [-0.2, -0.15) is 0 Å². The van der Waals surface area contributed by atoms with Crippen molar-refractivity contribution >= 4 is 11.9 Å². The lowest BCUT2D eigenvalue weighted by atomic mass is 10.2. The van der Waals surface area contributed by atoms with E-state index in [1.54, 1.807) is 36.4 Å². The van der Waals surface area contributed by atoms with Crippen molar-refractivity contribution in [3.05, 3.63) is 54.1 Å². The molecular formula is C18H17N3O6. The normalized spacial score (nSPS) is 10.4. The highest BCUT2D eigenvalue weighted by atomic mass is 16.5. The van der Waals surface area contributed by atoms with Crippen molar-refractivity contribution in [3.63, 3.8) is 0 Å². The Kier molecular flexibility index (Phi) is 5.83. The predicted molar refractivity (Wildman–Crippen MR) is 91.7 cm³/mol. The summed E-state index contributed by atoms with van der Waals surface area (Å²) in [7, 11) is 0. The van der Waals surface area contributed by atoms with Crippen LogP contribution in [0.15, 0.2) is 51.5 Å². The standard InChI is InChI=1S/C18H17N3O6/c1-2-24-13-7-5-12(6-8-13)17(23)19-10-16(22)26-11-15-20-21-18(27-15)14-4-3-9-25-14/h3-9H,2,10-11H2,1H3,(H,19,23). The van der Waals surface area contributed by atoms with Crippen LogP contribution in [0.1, 0.15) is 23.2 Å². The van der Waals surface area contributed by atoms with Gasteiger partial charge in [-0.15, -0.1) is 10.2 Å². The molecule has 3 rings (SSSR count). The number of esters is 1. The van der Waals surface area contributed by atoms with E-state index in [0.29, 0.717) is 23.7 Å². The van der Waals surface area contributed by atoms with Crippen molar-refractivity contribution in [1.82, 2.24) is 15.5 Å². The number of hydrogen-bond donors (Lipinski definition) is 1. The molecule has 9 heteroatoms. The number of nitrogens with one attached hydrogen (secondary N) is 1. The first kappa shape index (κ1) is 18.2. The fraction of sp³-hybridized carbons (Fsp3) is 0.222. The van der Waals surface area contributed by atoms with Crippen molar-refractivity contribution in [1.29, 1.82) is 0 Å². The molecule has 0 spiro atoms. The van der Waals surface area contributed by atoms with E-state index < -0.39 is 11.9 Å². The number of aromatic nitrogens is 2. The molecule has 0 saturated heterocycles. The zero-order valence-corrected chi connectivity index (χ0v) is 14.5. The predicted octanol–water partition coefficient (Wildman–Crippen LogP) is 2.20. The molecule has 0 radical (unpaired) electrons. The summed E-state index contributed by atoms with van der Waals surface area (Å²) < 4.78 is 20.7. The highest BCUT2D eigenvalue weighted by Crippen LogP contribution is 2.18. The van der Waals surface area contributed by atoms with Crippen LogP contribution >= 0.6 is 0 Å². The molecule has 9 nitrogen and oxygen atoms in total. The molecule has 0 saturated carbocycles. The van der Waals surface area contributed by atoms with Crippen molar-refractivity contribution < 1.29 is 27.9 Å². The minimum Gasteiger partial charge on any atom is -0.494 e. The summed E-state index contributed by atoms with van der Waals surface area (Å²) in [4.78, 5) is 23.8. The zero-order valence-electron chi connectivity index (χ0n) is 14.5. The van der Waals surface area contributed by atoms with E-state index in [1.807, 2.05) is 6.92 Å². The van der Waals surface area contributed by atoms with E-state index in [1.165, 1.54) is 6.26 Å². The average molecular weight is 371 g/mol. The van der Waals surface area contributed by atoms with Crippen LogP contribution in [0.5, 0.6) is 5.75 Å². The second kappa shape index (κ2) is 8.65. The SMILES string of the molecule is CCOc1ccc(C(=O)NCC(=O)OCc2nnc(-c3ccco3)o2)cc1. The number of furan rings is 1. The summed E-state index contributed by atoms with van der Waals surface area (Å²) >= 11 is 0. The summed E-state index contributed by atoms with van der Waals surface area (Å²) in [5.74, 6) is 0.368. The Morgan fingerprint density at radius 3 is 2.67 bits per heavy atom. The lowest BCUT2D eigenvalue weighted by Gasteiger charge is -2.06. The largest absolute Gasteiger partial charge is 0.494 e. The smallest absolute Gasteiger partial charge is 0.325 e. The van der Waals surface area contributed by atoms with Gasteiger partial charge in [0.15, 0.2) is 12.4 Å². The lowest BCUT2D eigenvalue weighted by molar-refractivity contribution is -0.144. The van der Waals surface area contributed by atoms with Crippen LogP contribution in [0, 0.1) is 0 Å². The van der Waals surface area contributed by atoms with Gasteiger partial charge in [-0.3, -0.25) is 9.59 Å². The van der Waals surface area contributed by atoms with Gasteiger partial charge in [0.05, 0.1) is 12.9 Å². The van der Waals surface area contributed by atoms with Crippen LogP contribution in [-0.4, -0.2) is 35.2 Å². The minimum absolute atomic E-state index is 0.118. The van der Waals surface area contributed by atoms with Gasteiger partial charge in [-0.1, -0.05) is 0 Å². The van der Waals surface area contributed by atoms with Gasteiger partial charge in [0.2, 0.25) is 0 Å². The zero-order chi connectivity index (χ0) is 19.1. The summed E-state index contributed by atoms with van der Waals surface area (Å²) in [6.45, 7) is 1.93. The summed E-state index contributed by atoms with van der Waals surface area (Å²) in [6.07, 6.45) is 1.48. The van der Waals surface area contributed by atoms with Gasteiger partial charge in [0.1, 0.15) is 12.3 Å². The number of benzene rings is 1. The third-order valence-electron chi connectivity index (χ3n) is 3.38. The fourth-order valence-electron chi connectivity index (χ4n) is 2.13. The number of carbonyl (C=O) groups is 2. The molecule has 0 aliphatic heterocycles. The van der Waals surface area contributed by atoms with E-state index >= 15 is 0 Å². The molecule has 0 aliphatic carbocycles. The second-order valence-electron chi connectivity index (χ2n) is 5.28. The van der Waals surface area contributed by atoms with Crippen molar-refractivity contribution in [2.75, 3.05) is 13.2 Å². The molecule has 1 N–H and O–H groups in total. The van der Waals surface area contributed by atoms with Crippen LogP contribution in [0.2, 0.25) is 0 Å². The van der Waals surface area contributed by atoms with Crippen molar-refractivity contribution in [2.45, 2.75) is 13.5 Å². The molecule has 1 amide bonds. The number of rotatable bonds is 8. The third kappa shape index (κ3) is 4.94. The van der Waals surface area contributed by atoms with Crippen LogP contribution < -0.4 is 10.1 Å². The number of hydrogen-bond acceptors (Lipinski definition) is 8. The van der Waals surface area contributed by atoms with Crippen molar-refractivity contribution in [2.24, 2.45) is 0 Å². The number of ether oxygens (including phenoxy) is 2. The monoisotopic (exact) mass is 371 g/mol. The molecular weight excluding hydrogens is 354 g/mol. The minimum atomic E-state index is -0.632. The molecule has 0 fully saturated rings. The van der Waals surface area contributed by atoms with Gasteiger partial charge < -0.3 is 23.6 Å². The Balaban J connectivity index is 1.43. The van der Waals surface area contributed by atoms with E-state index in [4.69, 9.17) is 18.3 Å². The Labute approximate surface area is 154 Å². The number of nitrogens with zero attached hydrogens (tertiary/aromatic N) is 2. The molecule has 0 atom stereocenters. The quantitative estimate of drug-likeness (QED) is 0.599. The van der Waals surface area contributed by atoms with E-state index in [-0.39, 0.29) is 24.9 Å². The molecule has 2 aromatic heterocycles. The molecule has 27 heavy (non-hydrogen) atoms. The Morgan fingerprint density at radius 1 is 1.15 bits per heavy atom. The first-order valence-electron chi connectivity index (χ1n) is 8.18. The highest BCUT2D eigenvalue weighted by molar-refractivity contribution is 5.96. The Hall–Kier alpha value is -3.62. The molecule has 2 heterocycles. The molecule has 0 aliphatic rings.